The third-order valence-corrected chi connectivity index (χ3v) is 4.37. The maximum Gasteiger partial charge on any atom is 0.263 e. The van der Waals surface area contributed by atoms with Crippen molar-refractivity contribution in [3.05, 3.63) is 65.7 Å². The predicted octanol–water partition coefficient (Wildman–Crippen LogP) is 0.220. The largest absolute Gasteiger partial charge is 0.351 e. The quantitative estimate of drug-likeness (QED) is 0.765. The number of aromatic nitrogens is 1. The average Bonchev–Trinajstić information content (AvgIpc) is 3.16. The highest BCUT2D eigenvalue weighted by molar-refractivity contribution is 6.02. The smallest absolute Gasteiger partial charge is 0.263 e. The molecule has 1 unspecified atom stereocenters. The number of hydrogen-bond donors (Lipinski definition) is 2. The van der Waals surface area contributed by atoms with Gasteiger partial charge >= 0.3 is 0 Å². The van der Waals surface area contributed by atoms with E-state index in [4.69, 9.17) is 5.73 Å². The summed E-state index contributed by atoms with van der Waals surface area (Å²) in [6, 6.07) is 8.29. The van der Waals surface area contributed by atoms with E-state index in [1.165, 1.54) is 52.5 Å². The molecule has 1 aliphatic heterocycles. The maximum absolute atomic E-state index is 13.5. The highest BCUT2D eigenvalue weighted by Crippen LogP contribution is 2.21. The van der Waals surface area contributed by atoms with Gasteiger partial charge in [0.25, 0.3) is 17.7 Å². The number of nitrogens with two attached hydrogens (primary N) is 1. The lowest BCUT2D eigenvalue weighted by Crippen LogP contribution is -2.54. The van der Waals surface area contributed by atoms with Crippen molar-refractivity contribution in [2.45, 2.75) is 6.17 Å². The average molecular weight is 385 g/mol. The fraction of sp³-hybridized carbons (Fsp3) is 0.263. The van der Waals surface area contributed by atoms with E-state index < -0.39 is 29.7 Å². The normalized spacial score (nSPS) is 16.1. The Balaban J connectivity index is 1.90. The van der Waals surface area contributed by atoms with Crippen molar-refractivity contribution in [2.75, 3.05) is 26.2 Å². The number of rotatable bonds is 5. The molecule has 9 heteroatoms. The molecule has 1 aromatic heterocycles. The first-order chi connectivity index (χ1) is 13.5. The van der Waals surface area contributed by atoms with Crippen LogP contribution in [0.25, 0.3) is 0 Å². The van der Waals surface area contributed by atoms with Gasteiger partial charge in [0, 0.05) is 49.7 Å². The van der Waals surface area contributed by atoms with Gasteiger partial charge in [-0.1, -0.05) is 6.07 Å². The topological polar surface area (TPSA) is 109 Å². The molecule has 2 heterocycles. The summed E-state index contributed by atoms with van der Waals surface area (Å²) in [6.45, 7) is 0.735. The van der Waals surface area contributed by atoms with Gasteiger partial charge in [-0.3, -0.25) is 19.4 Å². The van der Waals surface area contributed by atoms with Crippen LogP contribution >= 0.6 is 0 Å². The van der Waals surface area contributed by atoms with Crippen molar-refractivity contribution in [2.24, 2.45) is 5.73 Å². The molecule has 3 amide bonds. The van der Waals surface area contributed by atoms with E-state index in [2.05, 4.69) is 10.3 Å². The molecule has 8 nitrogen and oxygen atoms in total. The Labute approximate surface area is 161 Å². The highest BCUT2D eigenvalue weighted by Gasteiger charge is 2.43. The number of hydrogen-bond acceptors (Lipinski definition) is 5. The Hall–Kier alpha value is -3.33. The summed E-state index contributed by atoms with van der Waals surface area (Å²) in [5.74, 6) is -2.00. The van der Waals surface area contributed by atoms with E-state index in [0.717, 1.165) is 6.07 Å². The zero-order valence-electron chi connectivity index (χ0n) is 15.0. The number of nitrogens with zero attached hydrogens (tertiary/aromatic N) is 3. The van der Waals surface area contributed by atoms with E-state index in [1.807, 2.05) is 0 Å². The Morgan fingerprint density at radius 1 is 1.07 bits per heavy atom. The zero-order chi connectivity index (χ0) is 20.1. The molecule has 3 rings (SSSR count). The second kappa shape index (κ2) is 8.57. The summed E-state index contributed by atoms with van der Waals surface area (Å²) >= 11 is 0. The van der Waals surface area contributed by atoms with Crippen molar-refractivity contribution >= 4 is 17.7 Å². The number of carbonyl (C=O) groups is 3. The van der Waals surface area contributed by atoms with E-state index in [1.54, 1.807) is 0 Å². The van der Waals surface area contributed by atoms with E-state index >= 15 is 0 Å². The first-order valence-electron chi connectivity index (χ1n) is 8.78. The summed E-state index contributed by atoms with van der Waals surface area (Å²) < 4.78 is 13.5. The molecule has 1 aliphatic rings. The second-order valence-corrected chi connectivity index (χ2v) is 6.20. The molecule has 2 aromatic rings. The van der Waals surface area contributed by atoms with Crippen LogP contribution in [0.3, 0.4) is 0 Å². The Kier molecular flexibility index (Phi) is 5.95. The SMILES string of the molecule is NCCNC(=O)C1N(C(=O)c2ccncc2)CCN1C(=O)c1cccc(F)c1. The minimum atomic E-state index is -1.15. The molecule has 0 bridgehead atoms. The first-order valence-corrected chi connectivity index (χ1v) is 8.78. The van der Waals surface area contributed by atoms with Gasteiger partial charge in [-0.15, -0.1) is 0 Å². The molecule has 3 N–H and O–H groups in total. The number of carbonyl (C=O) groups excluding carboxylic acids is 3. The summed E-state index contributed by atoms with van der Waals surface area (Å²) in [5.41, 5.74) is 5.90. The first kappa shape index (κ1) is 19.4. The standard InChI is InChI=1S/C19H20FN5O3/c20-15-3-1-2-14(12-15)19(28)25-11-10-24(17(25)16(26)23-9-6-21)18(27)13-4-7-22-8-5-13/h1-5,7-8,12,17H,6,9-11,21H2,(H,23,26). The van der Waals surface area contributed by atoms with Crippen molar-refractivity contribution in [3.63, 3.8) is 0 Å². The fourth-order valence-electron chi connectivity index (χ4n) is 3.07. The van der Waals surface area contributed by atoms with Gasteiger partial charge in [-0.25, -0.2) is 4.39 Å². The van der Waals surface area contributed by atoms with Crippen LogP contribution in [-0.4, -0.2) is 64.9 Å². The molecule has 0 spiro atoms. The van der Waals surface area contributed by atoms with Crippen molar-refractivity contribution in [1.29, 1.82) is 0 Å². The lowest BCUT2D eigenvalue weighted by atomic mass is 10.2. The van der Waals surface area contributed by atoms with Crippen LogP contribution in [0.1, 0.15) is 20.7 Å². The lowest BCUT2D eigenvalue weighted by Gasteiger charge is -2.29. The number of halogens is 1. The monoisotopic (exact) mass is 385 g/mol. The van der Waals surface area contributed by atoms with Gasteiger partial charge in [-0.2, -0.15) is 0 Å². The van der Waals surface area contributed by atoms with Crippen LogP contribution in [0.2, 0.25) is 0 Å². The summed E-state index contributed by atoms with van der Waals surface area (Å²) in [6.07, 6.45) is 1.80. The summed E-state index contributed by atoms with van der Waals surface area (Å²) in [4.78, 5) is 45.0. The highest BCUT2D eigenvalue weighted by atomic mass is 19.1. The molecule has 1 saturated heterocycles. The van der Waals surface area contributed by atoms with Crippen molar-refractivity contribution in [3.8, 4) is 0 Å². The fourth-order valence-corrected chi connectivity index (χ4v) is 3.07. The van der Waals surface area contributed by atoms with Crippen LogP contribution in [-0.2, 0) is 4.79 Å². The molecule has 1 atom stereocenters. The van der Waals surface area contributed by atoms with Crippen LogP contribution in [0.5, 0.6) is 0 Å². The molecule has 0 radical (unpaired) electrons. The molecule has 28 heavy (non-hydrogen) atoms. The molecular weight excluding hydrogens is 365 g/mol. The van der Waals surface area contributed by atoms with Gasteiger partial charge in [0.1, 0.15) is 5.82 Å². The van der Waals surface area contributed by atoms with Gasteiger partial charge in [0.05, 0.1) is 0 Å². The third-order valence-electron chi connectivity index (χ3n) is 4.37. The minimum absolute atomic E-state index is 0.106. The summed E-state index contributed by atoms with van der Waals surface area (Å²) in [7, 11) is 0. The van der Waals surface area contributed by atoms with Crippen molar-refractivity contribution < 1.29 is 18.8 Å². The Bertz CT molecular complexity index is 877. The third kappa shape index (κ3) is 3.99. The Morgan fingerprint density at radius 3 is 2.32 bits per heavy atom. The zero-order valence-corrected chi connectivity index (χ0v) is 15.0. The molecule has 1 fully saturated rings. The van der Waals surface area contributed by atoms with Gasteiger partial charge < -0.3 is 20.9 Å². The second-order valence-electron chi connectivity index (χ2n) is 6.20. The van der Waals surface area contributed by atoms with Crippen LogP contribution in [0, 0.1) is 5.82 Å². The van der Waals surface area contributed by atoms with Crippen LogP contribution in [0.15, 0.2) is 48.8 Å². The predicted molar refractivity (Wildman–Crippen MR) is 98.6 cm³/mol. The lowest BCUT2D eigenvalue weighted by molar-refractivity contribution is -0.128. The Morgan fingerprint density at radius 2 is 1.71 bits per heavy atom. The van der Waals surface area contributed by atoms with E-state index in [0.29, 0.717) is 5.56 Å². The molecular formula is C19H20FN5O3. The number of benzene rings is 1. The van der Waals surface area contributed by atoms with Gasteiger partial charge in [0.15, 0.2) is 6.17 Å². The number of amides is 3. The van der Waals surface area contributed by atoms with Crippen LogP contribution in [0.4, 0.5) is 4.39 Å². The van der Waals surface area contributed by atoms with Gasteiger partial charge in [-0.05, 0) is 30.3 Å². The maximum atomic E-state index is 13.5. The van der Waals surface area contributed by atoms with Crippen molar-refractivity contribution in [1.82, 2.24) is 20.1 Å². The number of nitrogens with one attached hydrogen (secondary N) is 1. The van der Waals surface area contributed by atoms with Gasteiger partial charge in [0.2, 0.25) is 0 Å². The molecule has 146 valence electrons. The van der Waals surface area contributed by atoms with Crippen LogP contribution < -0.4 is 11.1 Å². The molecule has 1 aromatic carbocycles. The van der Waals surface area contributed by atoms with E-state index in [9.17, 15) is 18.8 Å². The molecule has 0 saturated carbocycles. The summed E-state index contributed by atoms with van der Waals surface area (Å²) in [5, 5.41) is 2.62. The molecule has 0 aliphatic carbocycles. The van der Waals surface area contributed by atoms with E-state index in [-0.39, 0.29) is 31.7 Å². The number of pyridine rings is 1. The minimum Gasteiger partial charge on any atom is -0.351 e.